The average molecular weight is 655 g/mol. The van der Waals surface area contributed by atoms with Crippen LogP contribution in [0.1, 0.15) is 53.2 Å². The van der Waals surface area contributed by atoms with Crippen molar-refractivity contribution in [3.63, 3.8) is 0 Å². The van der Waals surface area contributed by atoms with E-state index in [1.54, 1.807) is 49.6 Å². The van der Waals surface area contributed by atoms with Crippen molar-refractivity contribution < 1.29 is 37.7 Å². The second kappa shape index (κ2) is 15.3. The van der Waals surface area contributed by atoms with E-state index >= 15 is 4.39 Å². The number of carbonyl (C=O) groups excluding carboxylic acids is 2. The van der Waals surface area contributed by atoms with Gasteiger partial charge in [-0.25, -0.2) is 9.18 Å². The summed E-state index contributed by atoms with van der Waals surface area (Å²) in [7, 11) is 2.90. The number of rotatable bonds is 11. The predicted octanol–water partition coefficient (Wildman–Crippen LogP) is 7.24. The summed E-state index contributed by atoms with van der Waals surface area (Å²) in [6, 6.07) is 22.0. The van der Waals surface area contributed by atoms with Gasteiger partial charge in [-0.05, 0) is 97.4 Å². The molecule has 2 aliphatic rings. The van der Waals surface area contributed by atoms with Crippen LogP contribution in [-0.2, 0) is 20.7 Å². The van der Waals surface area contributed by atoms with Gasteiger partial charge in [-0.1, -0.05) is 18.2 Å². The maximum absolute atomic E-state index is 15.5. The Hall–Kier alpha value is -4.93. The molecule has 250 valence electrons. The first-order valence-corrected chi connectivity index (χ1v) is 16.1. The quantitative estimate of drug-likeness (QED) is 0.163. The molecule has 4 aromatic rings. The van der Waals surface area contributed by atoms with Crippen molar-refractivity contribution >= 4 is 17.6 Å². The Morgan fingerprint density at radius 2 is 1.81 bits per heavy atom. The first-order chi connectivity index (χ1) is 23.4. The molecule has 2 aliphatic heterocycles. The molecule has 4 aromatic carbocycles. The highest BCUT2D eigenvalue weighted by Crippen LogP contribution is 2.40. The fourth-order valence-electron chi connectivity index (χ4n) is 6.07. The Labute approximate surface area is 279 Å². The number of carbonyl (C=O) groups is 2. The van der Waals surface area contributed by atoms with E-state index < -0.39 is 11.8 Å². The molecule has 1 amide bonds. The highest BCUT2D eigenvalue weighted by molar-refractivity contribution is 5.91. The smallest absolute Gasteiger partial charge is 0.337 e. The SMILES string of the molecule is COC(=O)c1ccc(-c2ccc(Oc3cc4c(cc3OCC3CCCCO3)CCNC4CC(=O)Nc3cccc(OC)c3)cc2F)cc1. The van der Waals surface area contributed by atoms with Crippen LogP contribution < -0.4 is 24.8 Å². The van der Waals surface area contributed by atoms with Crippen LogP contribution in [0.15, 0.2) is 78.9 Å². The van der Waals surface area contributed by atoms with Gasteiger partial charge in [-0.15, -0.1) is 0 Å². The van der Waals surface area contributed by atoms with E-state index in [0.29, 0.717) is 59.4 Å². The number of nitrogens with one attached hydrogen (secondary N) is 2. The van der Waals surface area contributed by atoms with Crippen LogP contribution in [0.4, 0.5) is 10.1 Å². The summed E-state index contributed by atoms with van der Waals surface area (Å²) in [5, 5.41) is 6.43. The molecule has 0 aromatic heterocycles. The molecule has 10 heteroatoms. The molecule has 6 rings (SSSR count). The number of hydrogen-bond acceptors (Lipinski definition) is 8. The topological polar surface area (TPSA) is 104 Å². The maximum atomic E-state index is 15.5. The molecule has 9 nitrogen and oxygen atoms in total. The van der Waals surface area contributed by atoms with E-state index in [2.05, 4.69) is 10.6 Å². The Balaban J connectivity index is 1.25. The lowest BCUT2D eigenvalue weighted by Gasteiger charge is -2.29. The number of esters is 1. The van der Waals surface area contributed by atoms with Gasteiger partial charge in [0.2, 0.25) is 5.91 Å². The second-order valence-corrected chi connectivity index (χ2v) is 11.9. The highest BCUT2D eigenvalue weighted by Gasteiger charge is 2.26. The summed E-state index contributed by atoms with van der Waals surface area (Å²) in [6.07, 6.45) is 3.97. The maximum Gasteiger partial charge on any atom is 0.337 e. The molecule has 0 saturated carbocycles. The molecule has 0 radical (unpaired) electrons. The molecular formula is C38H39FN2O7. The van der Waals surface area contributed by atoms with Crippen molar-refractivity contribution in [2.24, 2.45) is 0 Å². The van der Waals surface area contributed by atoms with Crippen LogP contribution in [0.3, 0.4) is 0 Å². The molecule has 1 fully saturated rings. The van der Waals surface area contributed by atoms with E-state index in [1.165, 1.54) is 13.2 Å². The summed E-state index contributed by atoms with van der Waals surface area (Å²) < 4.78 is 44.0. The van der Waals surface area contributed by atoms with Crippen LogP contribution >= 0.6 is 0 Å². The predicted molar refractivity (Wildman–Crippen MR) is 179 cm³/mol. The fourth-order valence-corrected chi connectivity index (χ4v) is 6.07. The summed E-state index contributed by atoms with van der Waals surface area (Å²) in [4.78, 5) is 24.9. The average Bonchev–Trinajstić information content (AvgIpc) is 3.11. The largest absolute Gasteiger partial charge is 0.497 e. The van der Waals surface area contributed by atoms with Crippen molar-refractivity contribution in [2.75, 3.05) is 39.3 Å². The summed E-state index contributed by atoms with van der Waals surface area (Å²) in [6.45, 7) is 1.78. The number of halogens is 1. The van der Waals surface area contributed by atoms with Crippen LogP contribution in [0.2, 0.25) is 0 Å². The number of methoxy groups -OCH3 is 2. The van der Waals surface area contributed by atoms with Gasteiger partial charge in [0.25, 0.3) is 0 Å². The lowest BCUT2D eigenvalue weighted by Crippen LogP contribution is -2.33. The van der Waals surface area contributed by atoms with Crippen molar-refractivity contribution in [1.82, 2.24) is 5.32 Å². The minimum atomic E-state index is -0.483. The zero-order chi connectivity index (χ0) is 33.5. The number of hydrogen-bond donors (Lipinski definition) is 2. The molecule has 2 heterocycles. The van der Waals surface area contributed by atoms with E-state index in [1.807, 2.05) is 30.3 Å². The van der Waals surface area contributed by atoms with Gasteiger partial charge in [0, 0.05) is 42.5 Å². The van der Waals surface area contributed by atoms with Crippen LogP contribution in [0, 0.1) is 5.82 Å². The molecule has 2 N–H and O–H groups in total. The van der Waals surface area contributed by atoms with E-state index in [0.717, 1.165) is 36.8 Å². The lowest BCUT2D eigenvalue weighted by molar-refractivity contribution is -0.116. The summed E-state index contributed by atoms with van der Waals surface area (Å²) >= 11 is 0. The first-order valence-electron chi connectivity index (χ1n) is 16.1. The third-order valence-electron chi connectivity index (χ3n) is 8.59. The number of anilines is 1. The van der Waals surface area contributed by atoms with Gasteiger partial charge >= 0.3 is 5.97 Å². The molecule has 0 aliphatic carbocycles. The van der Waals surface area contributed by atoms with Gasteiger partial charge in [0.1, 0.15) is 23.9 Å². The Morgan fingerprint density at radius 3 is 2.56 bits per heavy atom. The molecule has 1 saturated heterocycles. The highest BCUT2D eigenvalue weighted by atomic mass is 19.1. The Bertz CT molecular complexity index is 1750. The zero-order valence-corrected chi connectivity index (χ0v) is 27.1. The molecule has 2 unspecified atom stereocenters. The Kier molecular flexibility index (Phi) is 10.5. The van der Waals surface area contributed by atoms with Crippen LogP contribution in [0.5, 0.6) is 23.0 Å². The molecule has 48 heavy (non-hydrogen) atoms. The number of fused-ring (bicyclic) bond motifs is 1. The number of amides is 1. The van der Waals surface area contributed by atoms with Crippen molar-refractivity contribution in [1.29, 1.82) is 0 Å². The fraction of sp³-hybridized carbons (Fsp3) is 0.316. The third-order valence-corrected chi connectivity index (χ3v) is 8.59. The van der Waals surface area contributed by atoms with Crippen molar-refractivity contribution in [3.05, 3.63) is 101 Å². The molecule has 0 spiro atoms. The number of ether oxygens (including phenoxy) is 5. The van der Waals surface area contributed by atoms with Gasteiger partial charge in [0.05, 0.1) is 25.9 Å². The lowest BCUT2D eigenvalue weighted by atomic mass is 9.91. The van der Waals surface area contributed by atoms with Gasteiger partial charge in [-0.3, -0.25) is 4.79 Å². The second-order valence-electron chi connectivity index (χ2n) is 11.9. The summed E-state index contributed by atoms with van der Waals surface area (Å²) in [5.41, 5.74) is 3.97. The number of benzene rings is 4. The van der Waals surface area contributed by atoms with E-state index in [4.69, 9.17) is 23.7 Å². The molecular weight excluding hydrogens is 615 g/mol. The summed E-state index contributed by atoms with van der Waals surface area (Å²) in [5.74, 6) is 0.804. The monoisotopic (exact) mass is 654 g/mol. The standard InChI is InChI=1S/C38H39FN2O7/c1-44-28-8-5-6-27(19-28)41-37(42)22-34-32-21-36(35(18-26(32)15-16-40-34)47-23-30-7-3-4-17-46-30)48-29-13-14-31(33(39)20-29)24-9-11-25(12-10-24)38(43)45-2/h5-6,8-14,18-21,30,34,40H,3-4,7,15-17,22-23H2,1-2H3,(H,41,42). The molecule has 2 atom stereocenters. The first kappa shape index (κ1) is 33.0. The van der Waals surface area contributed by atoms with Crippen LogP contribution in [-0.4, -0.2) is 52.0 Å². The van der Waals surface area contributed by atoms with E-state index in [9.17, 15) is 9.59 Å². The normalized spacial score (nSPS) is 17.1. The van der Waals surface area contributed by atoms with Crippen molar-refractivity contribution in [3.8, 4) is 34.1 Å². The van der Waals surface area contributed by atoms with E-state index in [-0.39, 0.29) is 30.2 Å². The van der Waals surface area contributed by atoms with Gasteiger partial charge in [0.15, 0.2) is 11.5 Å². The van der Waals surface area contributed by atoms with Gasteiger partial charge < -0.3 is 34.3 Å². The minimum absolute atomic E-state index is 0.0142. The van der Waals surface area contributed by atoms with Crippen LogP contribution in [0.25, 0.3) is 11.1 Å². The van der Waals surface area contributed by atoms with Crippen molar-refractivity contribution in [2.45, 2.75) is 44.2 Å². The zero-order valence-electron chi connectivity index (χ0n) is 27.1. The third kappa shape index (κ3) is 7.95. The van der Waals surface area contributed by atoms with Gasteiger partial charge in [-0.2, -0.15) is 0 Å². The molecule has 0 bridgehead atoms. The Morgan fingerprint density at radius 1 is 0.958 bits per heavy atom. The minimum Gasteiger partial charge on any atom is -0.497 e.